The van der Waals surface area contributed by atoms with E-state index in [9.17, 15) is 31.1 Å². The van der Waals surface area contributed by atoms with E-state index in [-0.39, 0.29) is 56.1 Å². The topological polar surface area (TPSA) is 77.0 Å². The molecule has 1 aliphatic heterocycles. The molecule has 0 aliphatic carbocycles. The average molecular weight is 444 g/mol. The number of hydrogen-bond acceptors (Lipinski definition) is 4. The predicted octanol–water partition coefficient (Wildman–Crippen LogP) is 2.44. The number of nitrogens with zero attached hydrogens (tertiary/aromatic N) is 4. The van der Waals surface area contributed by atoms with Crippen LogP contribution in [0.1, 0.15) is 23.4 Å². The van der Waals surface area contributed by atoms with Crippen LogP contribution in [0.3, 0.4) is 0 Å². The van der Waals surface area contributed by atoms with Crippen molar-refractivity contribution < 1.29 is 31.1 Å². The summed E-state index contributed by atoms with van der Waals surface area (Å²) < 4.78 is 79.8. The molecule has 160 valence electrons. The number of rotatable bonds is 4. The highest BCUT2D eigenvalue weighted by molar-refractivity contribution is 5.85. The molecule has 1 amide bonds. The standard InChI is InChI=1S/C16H15F6N5O.ClH/c17-10-6-12(19)11(18)4-8(10)3-9(23)5-14(28)26-1-2-27-13(7-26)15(24-25-27)16(20,21)22;/h4,6,9H,1-3,5,7,23H2;1H/t9-;/m1./s1. The lowest BCUT2D eigenvalue weighted by Gasteiger charge is -2.29. The number of halogens is 7. The summed E-state index contributed by atoms with van der Waals surface area (Å²) in [5, 5.41) is 6.56. The Morgan fingerprint density at radius 3 is 2.45 bits per heavy atom. The Balaban J connectivity index is 0.00000300. The van der Waals surface area contributed by atoms with E-state index < -0.39 is 41.3 Å². The molecule has 1 aromatic heterocycles. The minimum atomic E-state index is -4.69. The summed E-state index contributed by atoms with van der Waals surface area (Å²) in [6.07, 6.45) is -5.24. The van der Waals surface area contributed by atoms with Crippen LogP contribution in [0.4, 0.5) is 26.3 Å². The quantitative estimate of drug-likeness (QED) is 0.581. The number of nitrogens with two attached hydrogens (primary N) is 1. The molecule has 29 heavy (non-hydrogen) atoms. The van der Waals surface area contributed by atoms with Crippen LogP contribution in [0.2, 0.25) is 0 Å². The van der Waals surface area contributed by atoms with Gasteiger partial charge in [-0.3, -0.25) is 4.79 Å². The fraction of sp³-hybridized carbons (Fsp3) is 0.438. The number of carbonyl (C=O) groups excluding carboxylic acids is 1. The van der Waals surface area contributed by atoms with E-state index in [4.69, 9.17) is 5.73 Å². The monoisotopic (exact) mass is 443 g/mol. The van der Waals surface area contributed by atoms with E-state index in [1.165, 1.54) is 4.90 Å². The number of carbonyl (C=O) groups is 1. The first kappa shape index (κ1) is 22.9. The number of benzene rings is 1. The third kappa shape index (κ3) is 4.99. The van der Waals surface area contributed by atoms with Gasteiger partial charge in [-0.2, -0.15) is 13.2 Å². The summed E-state index contributed by atoms with van der Waals surface area (Å²) in [7, 11) is 0. The molecule has 1 aliphatic rings. The molecule has 0 bridgehead atoms. The van der Waals surface area contributed by atoms with Crippen LogP contribution in [-0.4, -0.2) is 38.4 Å². The second-order valence-corrected chi connectivity index (χ2v) is 6.45. The minimum Gasteiger partial charge on any atom is -0.335 e. The molecule has 0 radical (unpaired) electrons. The Morgan fingerprint density at radius 2 is 1.79 bits per heavy atom. The minimum absolute atomic E-state index is 0. The molecule has 0 spiro atoms. The fourth-order valence-electron chi connectivity index (χ4n) is 3.01. The van der Waals surface area contributed by atoms with Crippen LogP contribution >= 0.6 is 12.4 Å². The van der Waals surface area contributed by atoms with Crippen LogP contribution in [0.5, 0.6) is 0 Å². The molecule has 2 heterocycles. The summed E-state index contributed by atoms with van der Waals surface area (Å²) in [5.74, 6) is -4.13. The molecular formula is C16H16ClF6N5O. The largest absolute Gasteiger partial charge is 0.437 e. The zero-order valence-corrected chi connectivity index (χ0v) is 15.5. The zero-order valence-electron chi connectivity index (χ0n) is 14.7. The molecule has 2 aromatic rings. The molecule has 0 saturated heterocycles. The second-order valence-electron chi connectivity index (χ2n) is 6.45. The van der Waals surface area contributed by atoms with Crippen molar-refractivity contribution in [2.24, 2.45) is 5.73 Å². The highest BCUT2D eigenvalue weighted by Gasteiger charge is 2.40. The Labute approximate surface area is 167 Å². The van der Waals surface area contributed by atoms with Crippen LogP contribution in [0, 0.1) is 17.5 Å². The van der Waals surface area contributed by atoms with Gasteiger partial charge in [-0.05, 0) is 18.1 Å². The van der Waals surface area contributed by atoms with Crippen molar-refractivity contribution in [3.63, 3.8) is 0 Å². The van der Waals surface area contributed by atoms with E-state index in [2.05, 4.69) is 10.3 Å². The third-order valence-corrected chi connectivity index (χ3v) is 4.39. The van der Waals surface area contributed by atoms with Crippen LogP contribution in [0.25, 0.3) is 0 Å². The Morgan fingerprint density at radius 1 is 1.14 bits per heavy atom. The number of fused-ring (bicyclic) bond motifs is 1. The lowest BCUT2D eigenvalue weighted by atomic mass is 10.0. The van der Waals surface area contributed by atoms with E-state index in [1.807, 2.05) is 0 Å². The van der Waals surface area contributed by atoms with Crippen LogP contribution in [0.15, 0.2) is 12.1 Å². The van der Waals surface area contributed by atoms with E-state index in [1.54, 1.807) is 0 Å². The van der Waals surface area contributed by atoms with Crippen LogP contribution in [-0.2, 0) is 30.5 Å². The van der Waals surface area contributed by atoms with Gasteiger partial charge in [-0.15, -0.1) is 17.5 Å². The van der Waals surface area contributed by atoms with Crippen molar-refractivity contribution in [1.29, 1.82) is 0 Å². The average Bonchev–Trinajstić information content (AvgIpc) is 3.03. The first-order valence-electron chi connectivity index (χ1n) is 8.22. The highest BCUT2D eigenvalue weighted by atomic mass is 35.5. The third-order valence-electron chi connectivity index (χ3n) is 4.39. The second kappa shape index (κ2) is 8.57. The molecule has 1 atom stereocenters. The molecule has 0 fully saturated rings. The van der Waals surface area contributed by atoms with Crippen molar-refractivity contribution in [2.75, 3.05) is 6.54 Å². The molecule has 0 unspecified atom stereocenters. The Bertz CT molecular complexity index is 903. The summed E-state index contributed by atoms with van der Waals surface area (Å²) >= 11 is 0. The van der Waals surface area contributed by atoms with Gasteiger partial charge >= 0.3 is 6.18 Å². The maximum Gasteiger partial charge on any atom is 0.437 e. The fourth-order valence-corrected chi connectivity index (χ4v) is 3.01. The first-order valence-corrected chi connectivity index (χ1v) is 8.22. The Kier molecular flexibility index (Phi) is 6.78. The number of alkyl halides is 3. The van der Waals surface area contributed by atoms with Gasteiger partial charge in [0.25, 0.3) is 0 Å². The van der Waals surface area contributed by atoms with Crippen molar-refractivity contribution >= 4 is 18.3 Å². The van der Waals surface area contributed by atoms with Crippen molar-refractivity contribution in [3.05, 3.63) is 46.5 Å². The van der Waals surface area contributed by atoms with Gasteiger partial charge in [0.05, 0.1) is 18.8 Å². The molecule has 1 aromatic carbocycles. The van der Waals surface area contributed by atoms with Crippen molar-refractivity contribution in [2.45, 2.75) is 38.1 Å². The normalized spacial score (nSPS) is 14.9. The predicted molar refractivity (Wildman–Crippen MR) is 90.3 cm³/mol. The van der Waals surface area contributed by atoms with Gasteiger partial charge < -0.3 is 10.6 Å². The van der Waals surface area contributed by atoms with E-state index >= 15 is 0 Å². The molecular weight excluding hydrogens is 428 g/mol. The van der Waals surface area contributed by atoms with E-state index in [0.29, 0.717) is 12.1 Å². The SMILES string of the molecule is Cl.N[C@@H](CC(=O)N1CCn2nnc(C(F)(F)F)c2C1)Cc1cc(F)c(F)cc1F. The number of amides is 1. The van der Waals surface area contributed by atoms with Crippen molar-refractivity contribution in [3.8, 4) is 0 Å². The molecule has 6 nitrogen and oxygen atoms in total. The van der Waals surface area contributed by atoms with Gasteiger partial charge in [-0.1, -0.05) is 5.21 Å². The summed E-state index contributed by atoms with van der Waals surface area (Å²) in [4.78, 5) is 13.6. The smallest absolute Gasteiger partial charge is 0.335 e. The summed E-state index contributed by atoms with van der Waals surface area (Å²) in [6.45, 7) is -0.192. The zero-order chi connectivity index (χ0) is 20.6. The van der Waals surface area contributed by atoms with Crippen LogP contribution < -0.4 is 5.73 Å². The summed E-state index contributed by atoms with van der Waals surface area (Å²) in [5.41, 5.74) is 4.23. The number of aromatic nitrogens is 3. The maximum atomic E-state index is 13.7. The van der Waals surface area contributed by atoms with Gasteiger partial charge in [0.2, 0.25) is 5.91 Å². The van der Waals surface area contributed by atoms with Gasteiger partial charge in [0, 0.05) is 25.1 Å². The summed E-state index contributed by atoms with van der Waals surface area (Å²) in [6, 6.07) is 0.116. The molecule has 2 N–H and O–H groups in total. The highest BCUT2D eigenvalue weighted by Crippen LogP contribution is 2.31. The molecule has 3 rings (SSSR count). The van der Waals surface area contributed by atoms with E-state index in [0.717, 1.165) is 4.68 Å². The maximum absolute atomic E-state index is 13.7. The van der Waals surface area contributed by atoms with Crippen molar-refractivity contribution in [1.82, 2.24) is 19.9 Å². The first-order chi connectivity index (χ1) is 13.1. The molecule has 0 saturated carbocycles. The van der Waals surface area contributed by atoms with Gasteiger partial charge in [0.1, 0.15) is 5.82 Å². The van der Waals surface area contributed by atoms with Gasteiger partial charge in [0.15, 0.2) is 17.3 Å². The Hall–Kier alpha value is -2.34. The number of hydrogen-bond donors (Lipinski definition) is 1. The lowest BCUT2D eigenvalue weighted by Crippen LogP contribution is -2.42. The van der Waals surface area contributed by atoms with Gasteiger partial charge in [-0.25, -0.2) is 17.9 Å². The molecule has 13 heteroatoms. The lowest BCUT2D eigenvalue weighted by molar-refractivity contribution is -0.143.